The summed E-state index contributed by atoms with van der Waals surface area (Å²) in [5.74, 6) is -0.305. The van der Waals surface area contributed by atoms with Gasteiger partial charge in [0.05, 0.1) is 29.2 Å². The number of hydrogen-bond donors (Lipinski definition) is 3. The van der Waals surface area contributed by atoms with E-state index in [-0.39, 0.29) is 5.97 Å². The molecular formula is C12H15N3O2. The first-order chi connectivity index (χ1) is 8.13. The van der Waals surface area contributed by atoms with Crippen molar-refractivity contribution in [2.45, 2.75) is 13.3 Å². The minimum absolute atomic E-state index is 0.305. The van der Waals surface area contributed by atoms with Crippen molar-refractivity contribution in [3.8, 4) is 0 Å². The molecule has 17 heavy (non-hydrogen) atoms. The summed E-state index contributed by atoms with van der Waals surface area (Å²) in [6, 6.07) is 3.60. The smallest absolute Gasteiger partial charge is 0.335 e. The number of carbonyl (C=O) groups excluding carboxylic acids is 1. The Hall–Kier alpha value is -2.17. The number of nitrogen functional groups attached to an aromatic ring is 2. The van der Waals surface area contributed by atoms with Gasteiger partial charge in [0.2, 0.25) is 0 Å². The Labute approximate surface area is 99.4 Å². The molecule has 0 saturated carbocycles. The third-order valence-electron chi connectivity index (χ3n) is 2.67. The molecule has 0 unspecified atom stereocenters. The molecule has 0 saturated heterocycles. The highest BCUT2D eigenvalue weighted by Crippen LogP contribution is 2.33. The van der Waals surface area contributed by atoms with E-state index in [0.717, 1.165) is 11.3 Å². The zero-order valence-electron chi connectivity index (χ0n) is 9.62. The lowest BCUT2D eigenvalue weighted by molar-refractivity contribution is -0.138. The molecular weight excluding hydrogens is 218 g/mol. The van der Waals surface area contributed by atoms with E-state index >= 15 is 0 Å². The molecule has 0 atom stereocenters. The van der Waals surface area contributed by atoms with Crippen LogP contribution in [-0.4, -0.2) is 12.6 Å². The van der Waals surface area contributed by atoms with Crippen LogP contribution < -0.4 is 16.8 Å². The topological polar surface area (TPSA) is 90.4 Å². The van der Waals surface area contributed by atoms with Gasteiger partial charge in [-0.1, -0.05) is 6.07 Å². The maximum Gasteiger partial charge on any atom is 0.335 e. The molecule has 5 heteroatoms. The van der Waals surface area contributed by atoms with Crippen molar-refractivity contribution in [1.82, 2.24) is 0 Å². The lowest BCUT2D eigenvalue weighted by Crippen LogP contribution is -2.16. The average Bonchev–Trinajstić information content (AvgIpc) is 2.34. The van der Waals surface area contributed by atoms with Crippen LogP contribution >= 0.6 is 0 Å². The first-order valence-electron chi connectivity index (χ1n) is 5.43. The molecule has 0 aliphatic carbocycles. The van der Waals surface area contributed by atoms with E-state index in [9.17, 15) is 4.79 Å². The second-order valence-electron chi connectivity index (χ2n) is 3.81. The van der Waals surface area contributed by atoms with Crippen LogP contribution in [-0.2, 0) is 16.0 Å². The number of anilines is 3. The summed E-state index contributed by atoms with van der Waals surface area (Å²) in [5.41, 5.74) is 14.9. The predicted molar refractivity (Wildman–Crippen MR) is 67.3 cm³/mol. The van der Waals surface area contributed by atoms with Crippen LogP contribution in [0.15, 0.2) is 23.9 Å². The van der Waals surface area contributed by atoms with Gasteiger partial charge in [0.15, 0.2) is 0 Å². The highest BCUT2D eigenvalue weighted by molar-refractivity contribution is 5.93. The van der Waals surface area contributed by atoms with Gasteiger partial charge in [-0.2, -0.15) is 0 Å². The Bertz CT molecular complexity index is 495. The van der Waals surface area contributed by atoms with Crippen molar-refractivity contribution < 1.29 is 9.53 Å². The van der Waals surface area contributed by atoms with Crippen molar-refractivity contribution in [2.75, 3.05) is 23.4 Å². The fraction of sp³-hybridized carbons (Fsp3) is 0.250. The van der Waals surface area contributed by atoms with Crippen LogP contribution in [0.4, 0.5) is 17.1 Å². The van der Waals surface area contributed by atoms with E-state index in [1.807, 2.05) is 6.07 Å². The zero-order chi connectivity index (χ0) is 12.4. The number of rotatable bonds is 2. The van der Waals surface area contributed by atoms with E-state index in [1.54, 1.807) is 19.2 Å². The van der Waals surface area contributed by atoms with Gasteiger partial charge in [-0.05, 0) is 18.6 Å². The number of ether oxygens (including phenoxy) is 1. The molecule has 0 amide bonds. The predicted octanol–water partition coefficient (Wildman–Crippen LogP) is 1.27. The fourth-order valence-electron chi connectivity index (χ4n) is 1.77. The first-order valence-corrected chi connectivity index (χ1v) is 5.43. The van der Waals surface area contributed by atoms with Crippen LogP contribution in [0.5, 0.6) is 0 Å². The number of fused-ring (bicyclic) bond motifs is 1. The molecule has 5 nitrogen and oxygen atoms in total. The third-order valence-corrected chi connectivity index (χ3v) is 2.67. The van der Waals surface area contributed by atoms with E-state index in [2.05, 4.69) is 5.32 Å². The van der Waals surface area contributed by atoms with E-state index in [0.29, 0.717) is 30.0 Å². The molecule has 2 rings (SSSR count). The van der Waals surface area contributed by atoms with Crippen LogP contribution in [0, 0.1) is 0 Å². The van der Waals surface area contributed by atoms with E-state index in [1.165, 1.54) is 0 Å². The molecule has 1 aliphatic heterocycles. The molecule has 1 aromatic carbocycles. The maximum atomic E-state index is 11.6. The van der Waals surface area contributed by atoms with Crippen molar-refractivity contribution in [1.29, 1.82) is 0 Å². The lowest BCUT2D eigenvalue weighted by Gasteiger charge is -2.19. The quantitative estimate of drug-likeness (QED) is 0.528. The molecule has 0 spiro atoms. The van der Waals surface area contributed by atoms with Gasteiger partial charge in [-0.15, -0.1) is 0 Å². The molecule has 5 N–H and O–H groups in total. The average molecular weight is 233 g/mol. The van der Waals surface area contributed by atoms with Crippen molar-refractivity contribution >= 4 is 23.0 Å². The summed E-state index contributed by atoms with van der Waals surface area (Å²) in [6.07, 6.45) is 2.13. The van der Waals surface area contributed by atoms with Crippen LogP contribution in [0.1, 0.15) is 12.5 Å². The summed E-state index contributed by atoms with van der Waals surface area (Å²) in [7, 11) is 0. The molecule has 90 valence electrons. The van der Waals surface area contributed by atoms with Crippen molar-refractivity contribution in [2.24, 2.45) is 0 Å². The second-order valence-corrected chi connectivity index (χ2v) is 3.81. The maximum absolute atomic E-state index is 11.6. The van der Waals surface area contributed by atoms with Gasteiger partial charge in [0.25, 0.3) is 0 Å². The normalized spacial score (nSPS) is 13.4. The standard InChI is InChI=1S/C12H15N3O2/c1-2-17-12(16)8-5-7-3-4-9(13)10(14)11(7)15-6-8/h3-4,6,15H,2,5,13-14H2,1H3. The number of nitrogens with one attached hydrogen (secondary N) is 1. The van der Waals surface area contributed by atoms with Gasteiger partial charge in [0.1, 0.15) is 0 Å². The first kappa shape index (κ1) is 11.3. The molecule has 1 aliphatic rings. The Morgan fingerprint density at radius 2 is 2.24 bits per heavy atom. The van der Waals surface area contributed by atoms with Gasteiger partial charge < -0.3 is 21.5 Å². The summed E-state index contributed by atoms with van der Waals surface area (Å²) >= 11 is 0. The zero-order valence-corrected chi connectivity index (χ0v) is 9.62. The minimum atomic E-state index is -0.305. The Morgan fingerprint density at radius 1 is 1.47 bits per heavy atom. The molecule has 0 fully saturated rings. The largest absolute Gasteiger partial charge is 0.463 e. The summed E-state index contributed by atoms with van der Waals surface area (Å²) < 4.78 is 4.95. The highest BCUT2D eigenvalue weighted by Gasteiger charge is 2.19. The third kappa shape index (κ3) is 2.04. The minimum Gasteiger partial charge on any atom is -0.463 e. The van der Waals surface area contributed by atoms with Crippen LogP contribution in [0.3, 0.4) is 0 Å². The molecule has 0 aromatic heterocycles. The number of benzene rings is 1. The monoisotopic (exact) mass is 233 g/mol. The van der Waals surface area contributed by atoms with Gasteiger partial charge in [-0.3, -0.25) is 0 Å². The van der Waals surface area contributed by atoms with Crippen molar-refractivity contribution in [3.05, 3.63) is 29.5 Å². The Balaban J connectivity index is 2.26. The molecule has 0 radical (unpaired) electrons. The number of nitrogens with two attached hydrogens (primary N) is 2. The van der Waals surface area contributed by atoms with Crippen LogP contribution in [0.25, 0.3) is 0 Å². The number of carbonyl (C=O) groups is 1. The Kier molecular flexibility index (Phi) is 2.91. The second kappa shape index (κ2) is 4.37. The summed E-state index contributed by atoms with van der Waals surface area (Å²) in [6.45, 7) is 2.15. The highest BCUT2D eigenvalue weighted by atomic mass is 16.5. The van der Waals surface area contributed by atoms with Crippen LogP contribution in [0.2, 0.25) is 0 Å². The molecule has 0 bridgehead atoms. The Morgan fingerprint density at radius 3 is 2.94 bits per heavy atom. The van der Waals surface area contributed by atoms with E-state index in [4.69, 9.17) is 16.2 Å². The van der Waals surface area contributed by atoms with Crippen molar-refractivity contribution in [3.63, 3.8) is 0 Å². The van der Waals surface area contributed by atoms with Gasteiger partial charge >= 0.3 is 5.97 Å². The SMILES string of the molecule is CCOC(=O)C1=CNc2c(ccc(N)c2N)C1. The lowest BCUT2D eigenvalue weighted by atomic mass is 9.99. The molecule has 1 aromatic rings. The van der Waals surface area contributed by atoms with Gasteiger partial charge in [-0.25, -0.2) is 4.79 Å². The van der Waals surface area contributed by atoms with E-state index < -0.39 is 0 Å². The fourth-order valence-corrected chi connectivity index (χ4v) is 1.77. The number of hydrogen-bond acceptors (Lipinski definition) is 5. The van der Waals surface area contributed by atoms with Gasteiger partial charge in [0, 0.05) is 12.6 Å². The molecule has 1 heterocycles. The number of esters is 1. The summed E-state index contributed by atoms with van der Waals surface area (Å²) in [4.78, 5) is 11.6. The summed E-state index contributed by atoms with van der Waals surface area (Å²) in [5, 5.41) is 2.99.